The van der Waals surface area contributed by atoms with Crippen LogP contribution in [-0.2, 0) is 0 Å². The maximum absolute atomic E-state index is 11.4. The summed E-state index contributed by atoms with van der Waals surface area (Å²) in [5, 5.41) is 4.32. The molecule has 0 aromatic carbocycles. The summed E-state index contributed by atoms with van der Waals surface area (Å²) in [6, 6.07) is 0. The number of hydrogen-bond acceptors (Lipinski definition) is 4. The number of nitrogens with zero attached hydrogens (tertiary/aromatic N) is 4. The Morgan fingerprint density at radius 2 is 1.88 bits per heavy atom. The minimum atomic E-state index is 0.0260. The lowest BCUT2D eigenvalue weighted by atomic mass is 10.1. The minimum absolute atomic E-state index is 0.0260. The molecule has 0 fully saturated rings. The lowest BCUT2D eigenvalue weighted by Crippen LogP contribution is -2.01. The first kappa shape index (κ1) is 10.5. The highest BCUT2D eigenvalue weighted by molar-refractivity contribution is 5.96. The minimum Gasteiger partial charge on any atom is -0.294 e. The Bertz CT molecular complexity index is 530. The van der Waals surface area contributed by atoms with Crippen molar-refractivity contribution >= 4 is 5.78 Å². The zero-order valence-corrected chi connectivity index (χ0v) is 9.43. The van der Waals surface area contributed by atoms with E-state index in [1.54, 1.807) is 24.0 Å². The molecule has 82 valence electrons. The molecule has 2 rings (SSSR count). The van der Waals surface area contributed by atoms with Crippen molar-refractivity contribution in [1.82, 2.24) is 19.7 Å². The first-order valence-electron chi connectivity index (χ1n) is 4.94. The monoisotopic (exact) mass is 216 g/mol. The molecule has 0 saturated carbocycles. The number of Topliss-reactive ketones (excluding diaryl/α,β-unsaturated/α-hetero) is 1. The molecule has 16 heavy (non-hydrogen) atoms. The molecule has 2 aromatic heterocycles. The summed E-state index contributed by atoms with van der Waals surface area (Å²) in [6.45, 7) is 5.23. The fraction of sp³-hybridized carbons (Fsp3) is 0.273. The Kier molecular flexibility index (Phi) is 2.52. The topological polar surface area (TPSA) is 60.7 Å². The van der Waals surface area contributed by atoms with E-state index in [4.69, 9.17) is 0 Å². The highest BCUT2D eigenvalue weighted by Crippen LogP contribution is 2.16. The lowest BCUT2D eigenvalue weighted by molar-refractivity contribution is 0.101. The number of aryl methyl sites for hydroxylation is 1. The van der Waals surface area contributed by atoms with Gasteiger partial charge in [-0.3, -0.25) is 4.79 Å². The average molecular weight is 216 g/mol. The van der Waals surface area contributed by atoms with Gasteiger partial charge in [0.25, 0.3) is 0 Å². The molecule has 0 aliphatic heterocycles. The van der Waals surface area contributed by atoms with Crippen molar-refractivity contribution < 1.29 is 4.79 Å². The third kappa shape index (κ3) is 1.60. The normalized spacial score (nSPS) is 10.4. The molecule has 0 aliphatic rings. The van der Waals surface area contributed by atoms with E-state index in [0.29, 0.717) is 5.56 Å². The van der Waals surface area contributed by atoms with Crippen LogP contribution in [0.3, 0.4) is 0 Å². The number of carbonyl (C=O) groups is 1. The van der Waals surface area contributed by atoms with Gasteiger partial charge in [-0.1, -0.05) is 0 Å². The third-order valence-corrected chi connectivity index (χ3v) is 2.43. The fourth-order valence-corrected chi connectivity index (χ4v) is 1.80. The number of hydrogen-bond donors (Lipinski definition) is 0. The Labute approximate surface area is 93.2 Å². The van der Waals surface area contributed by atoms with Gasteiger partial charge < -0.3 is 0 Å². The van der Waals surface area contributed by atoms with Crippen LogP contribution in [-0.4, -0.2) is 25.5 Å². The van der Waals surface area contributed by atoms with Crippen molar-refractivity contribution in [3.05, 3.63) is 35.7 Å². The standard InChI is InChI=1S/C11H12N4O/c1-7-11(9(3)16)8(2)15(14-7)10-4-12-6-13-5-10/h4-6H,1-3H3. The van der Waals surface area contributed by atoms with Crippen LogP contribution in [0, 0.1) is 13.8 Å². The van der Waals surface area contributed by atoms with Crippen LogP contribution >= 0.6 is 0 Å². The number of carbonyl (C=O) groups excluding carboxylic acids is 1. The van der Waals surface area contributed by atoms with Gasteiger partial charge in [0.2, 0.25) is 0 Å². The Morgan fingerprint density at radius 1 is 1.25 bits per heavy atom. The van der Waals surface area contributed by atoms with Crippen LogP contribution in [0.4, 0.5) is 0 Å². The van der Waals surface area contributed by atoms with Crippen molar-refractivity contribution in [3.8, 4) is 5.69 Å². The van der Waals surface area contributed by atoms with Gasteiger partial charge in [0.15, 0.2) is 5.78 Å². The zero-order chi connectivity index (χ0) is 11.7. The molecule has 0 amide bonds. The molecule has 0 saturated heterocycles. The van der Waals surface area contributed by atoms with Crippen LogP contribution in [0.2, 0.25) is 0 Å². The first-order chi connectivity index (χ1) is 7.61. The number of rotatable bonds is 2. The van der Waals surface area contributed by atoms with Gasteiger partial charge in [0, 0.05) is 0 Å². The molecule has 0 spiro atoms. The smallest absolute Gasteiger partial charge is 0.163 e. The highest BCUT2D eigenvalue weighted by atomic mass is 16.1. The maximum Gasteiger partial charge on any atom is 0.163 e. The predicted molar refractivity (Wildman–Crippen MR) is 58.6 cm³/mol. The van der Waals surface area contributed by atoms with E-state index >= 15 is 0 Å². The molecule has 0 unspecified atom stereocenters. The molecular weight excluding hydrogens is 204 g/mol. The van der Waals surface area contributed by atoms with E-state index in [2.05, 4.69) is 15.1 Å². The van der Waals surface area contributed by atoms with Gasteiger partial charge >= 0.3 is 0 Å². The molecule has 5 nitrogen and oxygen atoms in total. The van der Waals surface area contributed by atoms with Crippen LogP contribution in [0.1, 0.15) is 28.7 Å². The van der Waals surface area contributed by atoms with E-state index < -0.39 is 0 Å². The van der Waals surface area contributed by atoms with Crippen LogP contribution in [0.25, 0.3) is 5.69 Å². The largest absolute Gasteiger partial charge is 0.294 e. The van der Waals surface area contributed by atoms with Crippen molar-refractivity contribution in [2.45, 2.75) is 20.8 Å². The fourth-order valence-electron chi connectivity index (χ4n) is 1.80. The summed E-state index contributed by atoms with van der Waals surface area (Å²) in [6.07, 6.45) is 4.79. The van der Waals surface area contributed by atoms with E-state index in [1.165, 1.54) is 6.33 Å². The molecule has 2 heterocycles. The SMILES string of the molecule is CC(=O)c1c(C)nn(-c2cncnc2)c1C. The lowest BCUT2D eigenvalue weighted by Gasteiger charge is -2.02. The van der Waals surface area contributed by atoms with E-state index in [9.17, 15) is 4.79 Å². The Balaban J connectivity index is 2.61. The summed E-state index contributed by atoms with van der Waals surface area (Å²) in [5.74, 6) is 0.0260. The van der Waals surface area contributed by atoms with Crippen LogP contribution in [0.15, 0.2) is 18.7 Å². The summed E-state index contributed by atoms with van der Waals surface area (Å²) >= 11 is 0. The molecule has 0 N–H and O–H groups in total. The molecular formula is C11H12N4O. The second kappa shape index (κ2) is 3.84. The number of aromatic nitrogens is 4. The predicted octanol–water partition coefficient (Wildman–Crippen LogP) is 1.48. The highest BCUT2D eigenvalue weighted by Gasteiger charge is 2.15. The zero-order valence-electron chi connectivity index (χ0n) is 9.43. The summed E-state index contributed by atoms with van der Waals surface area (Å²) in [4.78, 5) is 19.3. The molecule has 2 aromatic rings. The molecule has 0 radical (unpaired) electrons. The van der Waals surface area contributed by atoms with Crippen LogP contribution in [0.5, 0.6) is 0 Å². The van der Waals surface area contributed by atoms with Gasteiger partial charge in [-0.25, -0.2) is 14.6 Å². The summed E-state index contributed by atoms with van der Waals surface area (Å²) in [7, 11) is 0. The quantitative estimate of drug-likeness (QED) is 0.713. The number of ketones is 1. The second-order valence-electron chi connectivity index (χ2n) is 3.61. The third-order valence-electron chi connectivity index (χ3n) is 2.43. The van der Waals surface area contributed by atoms with Crippen molar-refractivity contribution in [2.24, 2.45) is 0 Å². The van der Waals surface area contributed by atoms with E-state index in [1.807, 2.05) is 13.8 Å². The maximum atomic E-state index is 11.4. The summed E-state index contributed by atoms with van der Waals surface area (Å²) in [5.41, 5.74) is 2.98. The van der Waals surface area contributed by atoms with Crippen molar-refractivity contribution in [3.63, 3.8) is 0 Å². The second-order valence-corrected chi connectivity index (χ2v) is 3.61. The van der Waals surface area contributed by atoms with E-state index in [-0.39, 0.29) is 5.78 Å². The molecule has 5 heteroatoms. The van der Waals surface area contributed by atoms with Crippen molar-refractivity contribution in [1.29, 1.82) is 0 Å². The Morgan fingerprint density at radius 3 is 2.38 bits per heavy atom. The Hall–Kier alpha value is -2.04. The average Bonchev–Trinajstić information content (AvgIpc) is 2.55. The van der Waals surface area contributed by atoms with Gasteiger partial charge in [-0.2, -0.15) is 5.10 Å². The van der Waals surface area contributed by atoms with Crippen LogP contribution < -0.4 is 0 Å². The van der Waals surface area contributed by atoms with Gasteiger partial charge in [0.1, 0.15) is 12.0 Å². The van der Waals surface area contributed by atoms with E-state index in [0.717, 1.165) is 17.1 Å². The summed E-state index contributed by atoms with van der Waals surface area (Å²) < 4.78 is 1.69. The molecule has 0 bridgehead atoms. The van der Waals surface area contributed by atoms with Crippen molar-refractivity contribution in [2.75, 3.05) is 0 Å². The molecule has 0 aliphatic carbocycles. The van der Waals surface area contributed by atoms with Gasteiger partial charge in [-0.05, 0) is 20.8 Å². The molecule has 0 atom stereocenters. The first-order valence-corrected chi connectivity index (χ1v) is 4.94. The van der Waals surface area contributed by atoms with Gasteiger partial charge in [-0.15, -0.1) is 0 Å². The van der Waals surface area contributed by atoms with Gasteiger partial charge in [0.05, 0.1) is 29.3 Å².